The van der Waals surface area contributed by atoms with Crippen LogP contribution < -0.4 is 5.32 Å². The van der Waals surface area contributed by atoms with Crippen LogP contribution in [0.4, 0.5) is 0 Å². The van der Waals surface area contributed by atoms with Crippen molar-refractivity contribution >= 4 is 51.1 Å². The van der Waals surface area contributed by atoms with Crippen molar-refractivity contribution in [2.45, 2.75) is 85.2 Å². The van der Waals surface area contributed by atoms with E-state index in [1.165, 1.54) is 7.11 Å². The third kappa shape index (κ3) is 9.63. The molecule has 14 heteroatoms. The molecule has 0 saturated carbocycles. The minimum Gasteiger partial charge on any atom is -0.481 e. The van der Waals surface area contributed by atoms with Crippen LogP contribution in [0, 0.1) is 13.8 Å². The van der Waals surface area contributed by atoms with Crippen LogP contribution in [0.1, 0.15) is 102 Å². The molecule has 0 radical (unpaired) electrons. The molecule has 14 nitrogen and oxygen atoms in total. The Labute approximate surface area is 334 Å². The average Bonchev–Trinajstić information content (AvgIpc) is 3.87. The highest BCUT2D eigenvalue weighted by molar-refractivity contribution is 6.27. The Morgan fingerprint density at radius 1 is 0.877 bits per heavy atom. The lowest BCUT2D eigenvalue weighted by molar-refractivity contribution is -0.140. The summed E-state index contributed by atoms with van der Waals surface area (Å²) in [5.74, 6) is -2.49. The second-order valence-electron chi connectivity index (χ2n) is 14.8. The molecule has 2 aliphatic rings. The number of aliphatic hydroxyl groups excluding tert-OH is 1. The Bertz CT molecular complexity index is 2160. The number of nitrogens with zero attached hydrogens (tertiary/aromatic N) is 3. The minimum atomic E-state index is -0.950. The Hall–Kier alpha value is -4.89. The number of aliphatic carboxylic acids is 1. The summed E-state index contributed by atoms with van der Waals surface area (Å²) in [5.41, 5.74) is 10.4. The Kier molecular flexibility index (Phi) is 14.8. The highest BCUT2D eigenvalue weighted by Crippen LogP contribution is 2.44. The fraction of sp³-hybridized carbons (Fsp3) is 0.512. The molecule has 2 unspecified atom stereocenters. The first kappa shape index (κ1) is 43.2. The van der Waals surface area contributed by atoms with Crippen molar-refractivity contribution in [1.29, 1.82) is 0 Å². The standard InChI is InChI=1S/C43H58N6O8/c1-9-28-24(2)33-21-37-31(23-50)26(4)32(46-37)20-34-25(3)29(11-12-38(51)52)41(47-34)30(19-39(53)57-8)42-40(27(5)35(48-42)22-36(28)45-33)43(54)44-13-10-14-49(15-17-55-6)16-18-56-7/h20-22,25,29,45-46,50H,9-19,23H2,1-8H3,(H,44,54)(H,51,52). The van der Waals surface area contributed by atoms with Gasteiger partial charge in [0, 0.05) is 91.0 Å². The summed E-state index contributed by atoms with van der Waals surface area (Å²) in [5, 5.41) is 23.4. The molecule has 1 amide bonds. The molecular formula is C43H58N6O8. The smallest absolute Gasteiger partial charge is 0.310 e. The second-order valence-corrected chi connectivity index (χ2v) is 14.8. The molecule has 0 aliphatic carbocycles. The van der Waals surface area contributed by atoms with E-state index in [9.17, 15) is 24.6 Å². The number of ether oxygens (including phenoxy) is 3. The topological polar surface area (TPSA) is 192 Å². The third-order valence-corrected chi connectivity index (χ3v) is 11.4. The monoisotopic (exact) mass is 786 g/mol. The number of aromatic nitrogens is 4. The fourth-order valence-electron chi connectivity index (χ4n) is 7.95. The van der Waals surface area contributed by atoms with Gasteiger partial charge in [-0.25, -0.2) is 4.98 Å². The number of carboxylic acids is 1. The van der Waals surface area contributed by atoms with Gasteiger partial charge in [0.05, 0.1) is 56.0 Å². The first-order valence-electron chi connectivity index (χ1n) is 19.7. The van der Waals surface area contributed by atoms with Gasteiger partial charge in [0.2, 0.25) is 0 Å². The number of carbonyl (C=O) groups excluding carboxylic acids is 2. The lowest BCUT2D eigenvalue weighted by Gasteiger charge is -2.21. The predicted octanol–water partition coefficient (Wildman–Crippen LogP) is 5.49. The number of fused-ring (bicyclic) bond motifs is 8. The summed E-state index contributed by atoms with van der Waals surface area (Å²) in [6, 6.07) is 5.88. The number of esters is 1. The van der Waals surface area contributed by atoms with Crippen LogP contribution in [0.3, 0.4) is 0 Å². The van der Waals surface area contributed by atoms with E-state index in [4.69, 9.17) is 24.2 Å². The van der Waals surface area contributed by atoms with Crippen molar-refractivity contribution in [2.75, 3.05) is 60.7 Å². The van der Waals surface area contributed by atoms with Crippen molar-refractivity contribution in [2.24, 2.45) is 0 Å². The summed E-state index contributed by atoms with van der Waals surface area (Å²) < 4.78 is 15.8. The summed E-state index contributed by atoms with van der Waals surface area (Å²) in [6.07, 6.45) is 1.29. The van der Waals surface area contributed by atoms with Gasteiger partial charge in [-0.3, -0.25) is 24.3 Å². The van der Waals surface area contributed by atoms with E-state index in [0.29, 0.717) is 65.7 Å². The number of amides is 1. The van der Waals surface area contributed by atoms with Gasteiger partial charge in [0.15, 0.2) is 0 Å². The number of rotatable bonds is 18. The van der Waals surface area contributed by atoms with Crippen LogP contribution in [-0.4, -0.2) is 114 Å². The van der Waals surface area contributed by atoms with Gasteiger partial charge >= 0.3 is 11.9 Å². The van der Waals surface area contributed by atoms with E-state index in [2.05, 4.69) is 34.0 Å². The first-order valence-corrected chi connectivity index (χ1v) is 19.7. The highest BCUT2D eigenvalue weighted by atomic mass is 16.5. The van der Waals surface area contributed by atoms with Crippen LogP contribution >= 0.6 is 0 Å². The quantitative estimate of drug-likeness (QED) is 0.0810. The van der Waals surface area contributed by atoms with Crippen LogP contribution in [0.25, 0.3) is 33.2 Å². The third-order valence-electron chi connectivity index (χ3n) is 11.4. The zero-order valence-corrected chi connectivity index (χ0v) is 34.6. The molecule has 5 N–H and O–H groups in total. The summed E-state index contributed by atoms with van der Waals surface area (Å²) in [6.45, 7) is 13.5. The average molecular weight is 787 g/mol. The Morgan fingerprint density at radius 2 is 1.53 bits per heavy atom. The molecular weight excluding hydrogens is 729 g/mol. The van der Waals surface area contributed by atoms with Gasteiger partial charge < -0.3 is 39.7 Å². The molecule has 8 bridgehead atoms. The zero-order chi connectivity index (χ0) is 41.4. The van der Waals surface area contributed by atoms with Gasteiger partial charge in [-0.05, 0) is 87.0 Å². The molecule has 3 aromatic heterocycles. The van der Waals surface area contributed by atoms with Crippen molar-refractivity contribution in [3.63, 3.8) is 0 Å². The maximum Gasteiger partial charge on any atom is 0.310 e. The largest absolute Gasteiger partial charge is 0.481 e. The molecule has 0 fully saturated rings. The van der Waals surface area contributed by atoms with E-state index in [1.807, 2.05) is 39.0 Å². The number of aromatic amines is 2. The molecule has 5 heterocycles. The van der Waals surface area contributed by atoms with Crippen molar-refractivity contribution in [3.8, 4) is 0 Å². The predicted molar refractivity (Wildman–Crippen MR) is 220 cm³/mol. The van der Waals surface area contributed by atoms with Crippen LogP contribution in [0.2, 0.25) is 0 Å². The van der Waals surface area contributed by atoms with Crippen molar-refractivity contribution in [1.82, 2.24) is 30.2 Å². The number of nitrogens with one attached hydrogen (secondary N) is 3. The molecule has 308 valence electrons. The normalized spacial score (nSPS) is 15.4. The van der Waals surface area contributed by atoms with Gasteiger partial charge in [0.1, 0.15) is 0 Å². The minimum absolute atomic E-state index is 0.123. The molecule has 2 aliphatic heterocycles. The lowest BCUT2D eigenvalue weighted by atomic mass is 9.84. The van der Waals surface area contributed by atoms with Gasteiger partial charge in [-0.1, -0.05) is 13.8 Å². The molecule has 0 saturated heterocycles. The van der Waals surface area contributed by atoms with Gasteiger partial charge in [-0.15, -0.1) is 0 Å². The van der Waals surface area contributed by atoms with Crippen molar-refractivity contribution < 1.29 is 38.8 Å². The summed E-state index contributed by atoms with van der Waals surface area (Å²) in [7, 11) is 4.64. The number of carbonyl (C=O) groups is 3. The number of hydrogen-bond donors (Lipinski definition) is 5. The number of methoxy groups -OCH3 is 3. The number of H-pyrrole nitrogens is 2. The number of hydrogen-bond acceptors (Lipinski definition) is 10. The van der Waals surface area contributed by atoms with Crippen LogP contribution in [0.5, 0.6) is 0 Å². The van der Waals surface area contributed by atoms with E-state index < -0.39 is 17.9 Å². The van der Waals surface area contributed by atoms with E-state index in [0.717, 1.165) is 70.4 Å². The lowest BCUT2D eigenvalue weighted by Crippen LogP contribution is -2.34. The molecule has 5 rings (SSSR count). The number of aliphatic hydroxyl groups is 1. The molecule has 0 aromatic carbocycles. The number of allylic oxidation sites excluding steroid dienone is 1. The molecule has 3 aromatic rings. The van der Waals surface area contributed by atoms with E-state index in [-0.39, 0.29) is 37.7 Å². The zero-order valence-electron chi connectivity index (χ0n) is 34.6. The number of carboxylic acid groups (broad SMARTS) is 1. The van der Waals surface area contributed by atoms with Crippen LogP contribution in [0.15, 0.2) is 18.2 Å². The van der Waals surface area contributed by atoms with Crippen LogP contribution in [-0.2, 0) is 48.0 Å². The van der Waals surface area contributed by atoms with E-state index in [1.54, 1.807) is 14.2 Å². The number of aryl methyl sites for hydroxylation is 3. The maximum absolute atomic E-state index is 14.4. The molecule has 2 atom stereocenters. The highest BCUT2D eigenvalue weighted by Gasteiger charge is 2.35. The Balaban J connectivity index is 1.78. The maximum atomic E-state index is 14.4. The SMILES string of the molecule is CCc1c(C)c2cc3[nH]c(cc4nc(c(CC(=O)OC)c5nc(cc1[nH]2)C(C)=C5C(=O)NCCCN(CCOC)CCOC)C(CCC(=O)O)C4C)c(C)c3CO. The first-order chi connectivity index (χ1) is 27.4. The molecule has 57 heavy (non-hydrogen) atoms. The molecule has 0 spiro atoms. The Morgan fingerprint density at radius 3 is 2.14 bits per heavy atom. The summed E-state index contributed by atoms with van der Waals surface area (Å²) >= 11 is 0. The van der Waals surface area contributed by atoms with Gasteiger partial charge in [0.25, 0.3) is 5.91 Å². The fourth-order valence-corrected chi connectivity index (χ4v) is 7.95. The van der Waals surface area contributed by atoms with Gasteiger partial charge in [-0.2, -0.15) is 0 Å². The van der Waals surface area contributed by atoms with Crippen molar-refractivity contribution in [3.05, 3.63) is 68.8 Å². The van der Waals surface area contributed by atoms with E-state index >= 15 is 0 Å². The summed E-state index contributed by atoms with van der Waals surface area (Å²) in [4.78, 5) is 59.3. The second kappa shape index (κ2) is 19.5.